The van der Waals surface area contributed by atoms with E-state index >= 15 is 8.78 Å². The normalized spacial score (nSPS) is 11.4. The van der Waals surface area contributed by atoms with Crippen LogP contribution in [-0.2, 0) is 6.42 Å². The predicted octanol–water partition coefficient (Wildman–Crippen LogP) is 22.5. The van der Waals surface area contributed by atoms with Gasteiger partial charge in [-0.3, -0.25) is 0 Å². The molecule has 0 aliphatic carbocycles. The van der Waals surface area contributed by atoms with Crippen molar-refractivity contribution < 1.29 is 37.3 Å². The summed E-state index contributed by atoms with van der Waals surface area (Å²) in [7, 11) is 0. The molecule has 0 aromatic heterocycles. The first-order valence-electron chi connectivity index (χ1n) is 31.3. The van der Waals surface area contributed by atoms with Gasteiger partial charge in [0.05, 0.1) is 35.7 Å². The molecule has 0 fully saturated rings. The van der Waals surface area contributed by atoms with Crippen LogP contribution in [0.3, 0.4) is 0 Å². The molecule has 0 aliphatic rings. The second kappa shape index (κ2) is 39.4. The van der Waals surface area contributed by atoms with Crippen LogP contribution in [0.5, 0.6) is 23.0 Å². The highest BCUT2D eigenvalue weighted by Gasteiger charge is 2.13. The molecule has 0 saturated carbocycles. The van der Waals surface area contributed by atoms with Gasteiger partial charge in [0.15, 0.2) is 11.6 Å². The topological polar surface area (TPSA) is 121 Å². The molecule has 0 bridgehead atoms. The number of hydrogen-bond acceptors (Lipinski definition) is 10. The summed E-state index contributed by atoms with van der Waals surface area (Å²) < 4.78 is 53.3. The Morgan fingerprint density at radius 3 is 0.928 bits per heavy atom. The maximum absolute atomic E-state index is 15.2. The first-order chi connectivity index (χ1) is 40.8. The Labute approximate surface area is 493 Å². The molecule has 0 saturated heterocycles. The molecule has 0 spiro atoms. The van der Waals surface area contributed by atoms with Gasteiger partial charge in [-0.15, -0.1) is 10.2 Å². The molecule has 6 rings (SSSR count). The van der Waals surface area contributed by atoms with Crippen LogP contribution in [0.4, 0.5) is 31.5 Å². The van der Waals surface area contributed by atoms with Crippen LogP contribution in [0, 0.1) is 11.6 Å². The Bertz CT molecular complexity index is 2630. The molecule has 0 unspecified atom stereocenters. The van der Waals surface area contributed by atoms with Crippen LogP contribution < -0.4 is 18.9 Å². The van der Waals surface area contributed by atoms with Gasteiger partial charge >= 0.3 is 11.9 Å². The fourth-order valence-corrected chi connectivity index (χ4v) is 9.78. The largest absolute Gasteiger partial charge is 0.494 e. The summed E-state index contributed by atoms with van der Waals surface area (Å²) in [5, 5.41) is 16.5. The van der Waals surface area contributed by atoms with Crippen LogP contribution in [-0.4, -0.2) is 25.2 Å². The van der Waals surface area contributed by atoms with Crippen molar-refractivity contribution in [3.63, 3.8) is 0 Å². The maximum Gasteiger partial charge on any atom is 0.343 e. The third-order valence-electron chi connectivity index (χ3n) is 14.8. The molecule has 0 radical (unpaired) electrons. The minimum atomic E-state index is -0.584. The van der Waals surface area contributed by atoms with E-state index < -0.39 is 23.6 Å². The highest BCUT2D eigenvalue weighted by atomic mass is 19.1. The van der Waals surface area contributed by atoms with E-state index in [1.165, 1.54) is 178 Å². The number of nitrogens with zero attached hydrogens (tertiary/aromatic N) is 4. The van der Waals surface area contributed by atoms with Crippen molar-refractivity contribution >= 4 is 34.7 Å². The van der Waals surface area contributed by atoms with Crippen LogP contribution in [0.1, 0.15) is 225 Å². The Morgan fingerprint density at radius 2 is 0.627 bits per heavy atom. The number of hydrogen-bond donors (Lipinski definition) is 0. The first kappa shape index (κ1) is 65.1. The molecular weight excluding hydrogens is 1040 g/mol. The lowest BCUT2D eigenvalue weighted by Crippen LogP contribution is -2.08. The van der Waals surface area contributed by atoms with E-state index in [1.807, 2.05) is 0 Å². The summed E-state index contributed by atoms with van der Waals surface area (Å²) in [6.45, 7) is 5.83. The van der Waals surface area contributed by atoms with E-state index in [-0.39, 0.29) is 17.8 Å². The van der Waals surface area contributed by atoms with Gasteiger partial charge < -0.3 is 18.9 Å². The molecule has 0 heterocycles. The summed E-state index contributed by atoms with van der Waals surface area (Å²) in [6, 6.07) is 35.9. The highest BCUT2D eigenvalue weighted by molar-refractivity contribution is 5.91. The average Bonchev–Trinajstić information content (AvgIpc) is 3.57. The van der Waals surface area contributed by atoms with Gasteiger partial charge in [0.25, 0.3) is 0 Å². The first-order valence-corrected chi connectivity index (χ1v) is 31.3. The fourth-order valence-electron chi connectivity index (χ4n) is 9.78. The number of azo groups is 2. The van der Waals surface area contributed by atoms with Crippen molar-refractivity contribution in [2.75, 3.05) is 13.2 Å². The van der Waals surface area contributed by atoms with Crippen molar-refractivity contribution in [2.24, 2.45) is 20.5 Å². The van der Waals surface area contributed by atoms with Crippen LogP contribution in [0.25, 0.3) is 0 Å². The fraction of sp³-hybridized carbons (Fsp3) is 0.465. The molecule has 444 valence electrons. The lowest BCUT2D eigenvalue weighted by molar-refractivity contribution is 0.0725. The third-order valence-corrected chi connectivity index (χ3v) is 14.8. The molecule has 10 nitrogen and oxygen atoms in total. The minimum Gasteiger partial charge on any atom is -0.494 e. The van der Waals surface area contributed by atoms with Crippen molar-refractivity contribution in [2.45, 2.75) is 200 Å². The number of carbonyl (C=O) groups is 2. The summed E-state index contributed by atoms with van der Waals surface area (Å²) in [5.41, 5.74) is 2.96. The SMILES string of the molecule is CCCCCCCCCCCCCCCCOc1ccc(C(=O)Oc2ccc(N=Nc3ccc(Cc4ccc(N=Nc5ccc(OC(=O)c6ccc(OCCCCCCCCCCCCCCCC)cc6)cc5)c(F)c4)cc3F)cc2)cc1. The van der Waals surface area contributed by atoms with E-state index in [1.54, 1.807) is 109 Å². The number of halogens is 2. The van der Waals surface area contributed by atoms with Gasteiger partial charge in [-0.25, -0.2) is 18.4 Å². The van der Waals surface area contributed by atoms with Gasteiger partial charge in [-0.1, -0.05) is 193 Å². The zero-order valence-electron chi connectivity index (χ0n) is 49.6. The maximum atomic E-state index is 15.2. The molecule has 6 aromatic carbocycles. The smallest absolute Gasteiger partial charge is 0.343 e. The lowest BCUT2D eigenvalue weighted by atomic mass is 10.0. The van der Waals surface area contributed by atoms with E-state index in [0.29, 0.717) is 58.3 Å². The Balaban J connectivity index is 0.828. The van der Waals surface area contributed by atoms with Crippen molar-refractivity contribution in [1.29, 1.82) is 0 Å². The standard InChI is InChI=1S/C71H90F2N4O6/c1-3-5-7-9-11-13-15-17-19-21-23-25-27-29-51-80-62-41-33-58(34-42-62)70(78)82-64-45-37-60(38-46-64)74-76-68-49-31-56(54-66(68)72)53-57-32-50-69(67(73)55-57)77-75-61-39-47-65(48-40-61)83-71(79)59-35-43-63(44-36-59)81-52-30-28-26-24-22-20-18-16-14-12-10-8-6-4-2/h31-50,54-55H,3-30,51-53H2,1-2H3. The van der Waals surface area contributed by atoms with E-state index in [9.17, 15) is 9.59 Å². The van der Waals surface area contributed by atoms with Crippen LogP contribution in [0.15, 0.2) is 154 Å². The summed E-state index contributed by atoms with van der Waals surface area (Å²) in [4.78, 5) is 25.7. The second-order valence-corrected chi connectivity index (χ2v) is 21.9. The van der Waals surface area contributed by atoms with Crippen LogP contribution in [0.2, 0.25) is 0 Å². The van der Waals surface area contributed by atoms with Crippen molar-refractivity contribution in [3.05, 3.63) is 167 Å². The molecular formula is C71H90F2N4O6. The van der Waals surface area contributed by atoms with Crippen molar-refractivity contribution in [3.8, 4) is 23.0 Å². The second-order valence-electron chi connectivity index (χ2n) is 21.9. The molecule has 0 N–H and O–H groups in total. The van der Waals surface area contributed by atoms with Gasteiger partial charge in [0, 0.05) is 0 Å². The molecule has 12 heteroatoms. The van der Waals surface area contributed by atoms with Gasteiger partial charge in [-0.05, 0) is 152 Å². The van der Waals surface area contributed by atoms with Gasteiger partial charge in [0.1, 0.15) is 34.4 Å². The third kappa shape index (κ3) is 26.4. The molecule has 0 aliphatic heterocycles. The Morgan fingerprint density at radius 1 is 0.337 bits per heavy atom. The predicted molar refractivity (Wildman–Crippen MR) is 331 cm³/mol. The quantitative estimate of drug-likeness (QED) is 0.0163. The molecule has 0 amide bonds. The van der Waals surface area contributed by atoms with Crippen LogP contribution >= 0.6 is 0 Å². The number of benzene rings is 6. The zero-order chi connectivity index (χ0) is 58.4. The Hall–Kier alpha value is -7.08. The molecule has 0 atom stereocenters. The average molecular weight is 1130 g/mol. The number of rotatable bonds is 42. The van der Waals surface area contributed by atoms with Crippen molar-refractivity contribution in [1.82, 2.24) is 0 Å². The highest BCUT2D eigenvalue weighted by Crippen LogP contribution is 2.29. The van der Waals surface area contributed by atoms with Gasteiger partial charge in [0.2, 0.25) is 0 Å². The number of ether oxygens (including phenoxy) is 4. The van der Waals surface area contributed by atoms with E-state index in [0.717, 1.165) is 37.2 Å². The summed E-state index contributed by atoms with van der Waals surface area (Å²) >= 11 is 0. The Kier molecular flexibility index (Phi) is 30.9. The minimum absolute atomic E-state index is 0.0327. The summed E-state index contributed by atoms with van der Waals surface area (Å²) in [5.74, 6) is -0.0755. The lowest BCUT2D eigenvalue weighted by Gasteiger charge is -2.08. The number of unbranched alkanes of at least 4 members (excludes halogenated alkanes) is 26. The number of esters is 2. The summed E-state index contributed by atoms with van der Waals surface area (Å²) in [6.07, 6.45) is 37.0. The van der Waals surface area contributed by atoms with E-state index in [4.69, 9.17) is 18.9 Å². The van der Waals surface area contributed by atoms with Gasteiger partial charge in [-0.2, -0.15) is 10.2 Å². The zero-order valence-corrected chi connectivity index (χ0v) is 49.6. The monoisotopic (exact) mass is 1130 g/mol. The van der Waals surface area contributed by atoms with E-state index in [2.05, 4.69) is 34.3 Å². The molecule has 6 aromatic rings. The number of carbonyl (C=O) groups excluding carboxylic acids is 2. The molecule has 83 heavy (non-hydrogen) atoms.